The number of fused-ring (bicyclic) bond motifs is 3. The number of benzene rings is 2. The highest BCUT2D eigenvalue weighted by atomic mass is 32.1. The van der Waals surface area contributed by atoms with Crippen LogP contribution in [0.25, 0.3) is 32.4 Å². The lowest BCUT2D eigenvalue weighted by molar-refractivity contribution is 0.235. The van der Waals surface area contributed by atoms with E-state index in [1.54, 1.807) is 16.1 Å². The average Bonchev–Trinajstić information content (AvgIpc) is 3.01. The van der Waals surface area contributed by atoms with Crippen LogP contribution in [0.1, 0.15) is 0 Å². The molecular formula is C20H18N4O3S. The topological polar surface area (TPSA) is 80.2 Å². The van der Waals surface area contributed by atoms with Gasteiger partial charge in [0.1, 0.15) is 23.6 Å². The Morgan fingerprint density at radius 1 is 1.11 bits per heavy atom. The number of para-hydroxylation sites is 1. The third-order valence-electron chi connectivity index (χ3n) is 5.03. The van der Waals surface area contributed by atoms with Crippen LogP contribution >= 0.6 is 11.5 Å². The zero-order valence-corrected chi connectivity index (χ0v) is 16.1. The van der Waals surface area contributed by atoms with Gasteiger partial charge >= 0.3 is 0 Å². The maximum Gasteiger partial charge on any atom is 0.275 e. The number of hydrogen-bond acceptors (Lipinski definition) is 6. The molecule has 2 aromatic carbocycles. The van der Waals surface area contributed by atoms with E-state index in [2.05, 4.69) is 14.9 Å². The van der Waals surface area contributed by atoms with Gasteiger partial charge in [-0.05, 0) is 25.2 Å². The third kappa shape index (κ3) is 2.73. The molecule has 1 aliphatic rings. The van der Waals surface area contributed by atoms with Gasteiger partial charge in [-0.1, -0.05) is 29.7 Å². The van der Waals surface area contributed by atoms with Gasteiger partial charge in [0.15, 0.2) is 0 Å². The first-order valence-electron chi connectivity index (χ1n) is 9.09. The second kappa shape index (κ2) is 6.57. The van der Waals surface area contributed by atoms with Gasteiger partial charge < -0.3 is 14.6 Å². The molecule has 0 aliphatic carbocycles. The summed E-state index contributed by atoms with van der Waals surface area (Å²) < 4.78 is 8.49. The summed E-state index contributed by atoms with van der Waals surface area (Å²) in [5.41, 5.74) is 1.90. The van der Waals surface area contributed by atoms with Crippen LogP contribution in [-0.4, -0.2) is 45.6 Å². The fraction of sp³-hybridized carbons (Fsp3) is 0.250. The zero-order valence-electron chi connectivity index (χ0n) is 15.3. The van der Waals surface area contributed by atoms with Crippen LogP contribution in [0.2, 0.25) is 0 Å². The van der Waals surface area contributed by atoms with Crippen LogP contribution in [-0.2, 0) is 6.54 Å². The molecule has 0 unspecified atom stereocenters. The zero-order chi connectivity index (χ0) is 19.3. The number of likely N-dealkylation sites (N-methyl/N-ethyl adjacent to an activating group) is 1. The van der Waals surface area contributed by atoms with Crippen LogP contribution in [0.15, 0.2) is 46.0 Å². The normalized spacial score (nSPS) is 15.2. The predicted molar refractivity (Wildman–Crippen MR) is 110 cm³/mol. The average molecular weight is 394 g/mol. The van der Waals surface area contributed by atoms with Gasteiger partial charge in [-0.25, -0.2) is 4.98 Å². The molecule has 3 heterocycles. The minimum absolute atomic E-state index is 0.0284. The lowest BCUT2D eigenvalue weighted by atomic mass is 10.1. The standard InChI is InChI=1S/C20H18N4O3S/c1-23-8-9-24-20(26)13-5-2-4-12(18(13)28-24)16-19(25)21-14-6-3-7-15(17(14)22-16)27-11-10-23/h2-7H,8-11H2,1H3,(H,21,25). The smallest absolute Gasteiger partial charge is 0.275 e. The number of H-pyrrole nitrogens is 1. The summed E-state index contributed by atoms with van der Waals surface area (Å²) >= 11 is 1.39. The fourth-order valence-electron chi connectivity index (χ4n) is 3.49. The van der Waals surface area contributed by atoms with Crippen molar-refractivity contribution < 1.29 is 4.74 Å². The van der Waals surface area contributed by atoms with Gasteiger partial charge in [0, 0.05) is 25.2 Å². The number of ether oxygens (including phenoxy) is 1. The first-order chi connectivity index (χ1) is 13.6. The summed E-state index contributed by atoms with van der Waals surface area (Å²) in [4.78, 5) is 35.3. The van der Waals surface area contributed by atoms with E-state index in [0.29, 0.717) is 46.6 Å². The molecule has 0 amide bonds. The quantitative estimate of drug-likeness (QED) is 0.495. The number of nitrogens with one attached hydrogen (secondary N) is 1. The molecule has 0 atom stereocenters. The van der Waals surface area contributed by atoms with Crippen molar-refractivity contribution in [1.29, 1.82) is 0 Å². The molecule has 142 valence electrons. The van der Waals surface area contributed by atoms with Crippen molar-refractivity contribution in [3.63, 3.8) is 0 Å². The Labute approximate surface area is 164 Å². The summed E-state index contributed by atoms with van der Waals surface area (Å²) in [6.07, 6.45) is 0. The maximum atomic E-state index is 12.8. The van der Waals surface area contributed by atoms with Crippen molar-refractivity contribution in [2.75, 3.05) is 26.7 Å². The molecular weight excluding hydrogens is 376 g/mol. The molecule has 2 aromatic heterocycles. The van der Waals surface area contributed by atoms with E-state index < -0.39 is 0 Å². The number of nitrogens with zero attached hydrogens (tertiary/aromatic N) is 3. The monoisotopic (exact) mass is 394 g/mol. The summed E-state index contributed by atoms with van der Waals surface area (Å²) in [6.45, 7) is 2.54. The second-order valence-electron chi connectivity index (χ2n) is 6.90. The Bertz CT molecular complexity index is 1320. The minimum Gasteiger partial charge on any atom is -0.490 e. The number of rotatable bonds is 0. The summed E-state index contributed by atoms with van der Waals surface area (Å²) in [5, 5.41) is 0.617. The van der Waals surface area contributed by atoms with Crippen molar-refractivity contribution >= 4 is 32.7 Å². The van der Waals surface area contributed by atoms with E-state index in [1.807, 2.05) is 31.3 Å². The van der Waals surface area contributed by atoms with Crippen molar-refractivity contribution in [3.05, 3.63) is 57.1 Å². The Balaban J connectivity index is 1.84. The van der Waals surface area contributed by atoms with Gasteiger partial charge in [0.05, 0.1) is 15.6 Å². The Morgan fingerprint density at radius 2 is 1.96 bits per heavy atom. The molecule has 5 rings (SSSR count). The molecule has 1 N–H and O–H groups in total. The van der Waals surface area contributed by atoms with Gasteiger partial charge in [-0.15, -0.1) is 0 Å². The lowest BCUT2D eigenvalue weighted by Crippen LogP contribution is -2.29. The number of aromatic amines is 1. The highest BCUT2D eigenvalue weighted by Gasteiger charge is 2.18. The van der Waals surface area contributed by atoms with E-state index in [1.165, 1.54) is 11.5 Å². The Hall–Kier alpha value is -2.97. The molecule has 0 fully saturated rings. The van der Waals surface area contributed by atoms with Crippen LogP contribution in [0.5, 0.6) is 5.75 Å². The van der Waals surface area contributed by atoms with Crippen molar-refractivity contribution in [3.8, 4) is 17.0 Å². The summed E-state index contributed by atoms with van der Waals surface area (Å²) in [7, 11) is 2.01. The first-order valence-corrected chi connectivity index (χ1v) is 9.87. The van der Waals surface area contributed by atoms with Crippen LogP contribution in [0.3, 0.4) is 0 Å². The van der Waals surface area contributed by atoms with Crippen LogP contribution < -0.4 is 15.9 Å². The summed E-state index contributed by atoms with van der Waals surface area (Å²) in [6, 6.07) is 11.0. The van der Waals surface area contributed by atoms with Crippen LogP contribution in [0, 0.1) is 0 Å². The van der Waals surface area contributed by atoms with Gasteiger partial charge in [-0.3, -0.25) is 13.5 Å². The fourth-order valence-corrected chi connectivity index (χ4v) is 4.58. The van der Waals surface area contributed by atoms with Gasteiger partial charge in [-0.2, -0.15) is 0 Å². The van der Waals surface area contributed by atoms with Crippen molar-refractivity contribution in [1.82, 2.24) is 18.8 Å². The van der Waals surface area contributed by atoms with E-state index in [9.17, 15) is 9.59 Å². The molecule has 0 spiro atoms. The molecule has 0 saturated heterocycles. The molecule has 7 nitrogen and oxygen atoms in total. The summed E-state index contributed by atoms with van der Waals surface area (Å²) in [5.74, 6) is 0.637. The molecule has 0 saturated carbocycles. The lowest BCUT2D eigenvalue weighted by Gasteiger charge is -2.17. The Kier molecular flexibility index (Phi) is 4.03. The van der Waals surface area contributed by atoms with Crippen molar-refractivity contribution in [2.24, 2.45) is 0 Å². The van der Waals surface area contributed by atoms with E-state index in [0.717, 1.165) is 17.8 Å². The largest absolute Gasteiger partial charge is 0.490 e. The highest BCUT2D eigenvalue weighted by molar-refractivity contribution is 7.14. The molecule has 28 heavy (non-hydrogen) atoms. The maximum absolute atomic E-state index is 12.8. The molecule has 1 aliphatic heterocycles. The number of aromatic nitrogens is 3. The van der Waals surface area contributed by atoms with Gasteiger partial charge in [0.25, 0.3) is 11.1 Å². The molecule has 0 radical (unpaired) electrons. The first kappa shape index (κ1) is 17.2. The van der Waals surface area contributed by atoms with Gasteiger partial charge in [0.2, 0.25) is 0 Å². The second-order valence-corrected chi connectivity index (χ2v) is 7.93. The molecule has 8 heteroatoms. The third-order valence-corrected chi connectivity index (χ3v) is 6.22. The van der Waals surface area contributed by atoms with E-state index in [4.69, 9.17) is 4.74 Å². The predicted octanol–water partition coefficient (Wildman–Crippen LogP) is 2.29. The minimum atomic E-state index is -0.281. The van der Waals surface area contributed by atoms with E-state index in [-0.39, 0.29) is 11.1 Å². The van der Waals surface area contributed by atoms with Crippen LogP contribution in [0.4, 0.5) is 0 Å². The van der Waals surface area contributed by atoms with Crippen molar-refractivity contribution in [2.45, 2.75) is 6.54 Å². The Morgan fingerprint density at radius 3 is 2.86 bits per heavy atom. The SMILES string of the molecule is CN1CCOc2cccc3[nH]c(=O)c(nc23)-c2cccc3c(=O)n(sc23)CC1. The number of hydrogen-bond donors (Lipinski definition) is 1. The highest BCUT2D eigenvalue weighted by Crippen LogP contribution is 2.30. The van der Waals surface area contributed by atoms with E-state index >= 15 is 0 Å². The molecule has 4 aromatic rings. The molecule has 4 bridgehead atoms.